The van der Waals surface area contributed by atoms with E-state index >= 15 is 0 Å². The third-order valence-electron chi connectivity index (χ3n) is 3.58. The first-order valence-corrected chi connectivity index (χ1v) is 8.73. The Bertz CT molecular complexity index is 335. The minimum atomic E-state index is -0.848. The molecular weight excluding hydrogens is 296 g/mol. The van der Waals surface area contributed by atoms with Crippen LogP contribution in [0.5, 0.6) is 0 Å². The predicted octanol–water partition coefficient (Wildman–Crippen LogP) is 2.49. The Labute approximate surface area is 140 Å². The molecule has 0 aromatic rings. The SMILES string of the molecule is CCCC/C(O)=C/N(CCNCC(O)CCCC)CCC(=O)O. The number of carbonyl (C=O) groups is 1. The third-order valence-corrected chi connectivity index (χ3v) is 3.58. The summed E-state index contributed by atoms with van der Waals surface area (Å²) in [7, 11) is 0. The third kappa shape index (κ3) is 14.1. The molecule has 0 aliphatic heterocycles. The molecule has 6 heteroatoms. The molecular formula is C17H34N2O4. The van der Waals surface area contributed by atoms with Crippen LogP contribution in [-0.4, -0.2) is 58.5 Å². The Kier molecular flexibility index (Phi) is 13.5. The van der Waals surface area contributed by atoms with Gasteiger partial charge in [-0.25, -0.2) is 0 Å². The molecule has 0 saturated heterocycles. The number of allylic oxidation sites excluding steroid dienone is 1. The normalized spacial score (nSPS) is 13.1. The monoisotopic (exact) mass is 330 g/mol. The highest BCUT2D eigenvalue weighted by atomic mass is 16.4. The maximum atomic E-state index is 10.7. The van der Waals surface area contributed by atoms with Gasteiger partial charge in [-0.05, 0) is 12.8 Å². The molecule has 136 valence electrons. The van der Waals surface area contributed by atoms with E-state index in [0.29, 0.717) is 38.4 Å². The summed E-state index contributed by atoms with van der Waals surface area (Å²) in [6, 6.07) is 0. The minimum Gasteiger partial charge on any atom is -0.511 e. The van der Waals surface area contributed by atoms with Gasteiger partial charge in [-0.3, -0.25) is 4.79 Å². The van der Waals surface area contributed by atoms with E-state index in [0.717, 1.165) is 32.1 Å². The Hall–Kier alpha value is -1.27. The Morgan fingerprint density at radius 2 is 1.83 bits per heavy atom. The van der Waals surface area contributed by atoms with Gasteiger partial charge in [0.05, 0.1) is 12.5 Å². The molecule has 0 aliphatic rings. The smallest absolute Gasteiger partial charge is 0.305 e. The van der Waals surface area contributed by atoms with Crippen molar-refractivity contribution in [2.75, 3.05) is 26.2 Å². The number of carboxylic acids is 1. The standard InChI is InChI=1S/C17H34N2O4/c1-3-5-7-15(20)13-18-10-12-19(11-9-17(22)23)14-16(21)8-6-4-2/h14-15,18,20-21H,3-13H2,1-2H3,(H,22,23)/b16-14-. The lowest BCUT2D eigenvalue weighted by molar-refractivity contribution is -0.137. The summed E-state index contributed by atoms with van der Waals surface area (Å²) >= 11 is 0. The van der Waals surface area contributed by atoms with Crippen LogP contribution in [0, 0.1) is 0 Å². The maximum absolute atomic E-state index is 10.7. The van der Waals surface area contributed by atoms with E-state index in [1.807, 2.05) is 4.90 Å². The van der Waals surface area contributed by atoms with Gasteiger partial charge in [-0.15, -0.1) is 0 Å². The van der Waals surface area contributed by atoms with Gasteiger partial charge >= 0.3 is 5.97 Å². The summed E-state index contributed by atoms with van der Waals surface area (Å²) in [5.74, 6) is -0.556. The number of hydrogen-bond donors (Lipinski definition) is 4. The van der Waals surface area contributed by atoms with Crippen molar-refractivity contribution < 1.29 is 20.1 Å². The van der Waals surface area contributed by atoms with E-state index in [1.165, 1.54) is 0 Å². The number of unbranched alkanes of at least 4 members (excludes halogenated alkanes) is 2. The van der Waals surface area contributed by atoms with Crippen molar-refractivity contribution in [1.82, 2.24) is 10.2 Å². The number of aliphatic hydroxyl groups is 2. The van der Waals surface area contributed by atoms with Crippen molar-refractivity contribution in [2.24, 2.45) is 0 Å². The Morgan fingerprint density at radius 3 is 2.43 bits per heavy atom. The van der Waals surface area contributed by atoms with Crippen molar-refractivity contribution in [2.45, 2.75) is 64.9 Å². The van der Waals surface area contributed by atoms with E-state index in [4.69, 9.17) is 5.11 Å². The van der Waals surface area contributed by atoms with Crippen molar-refractivity contribution in [3.8, 4) is 0 Å². The number of nitrogens with zero attached hydrogens (tertiary/aromatic N) is 1. The highest BCUT2D eigenvalue weighted by molar-refractivity contribution is 5.66. The molecule has 1 atom stereocenters. The molecule has 0 heterocycles. The number of aliphatic carboxylic acids is 1. The van der Waals surface area contributed by atoms with Gasteiger partial charge in [0.1, 0.15) is 5.76 Å². The van der Waals surface area contributed by atoms with Gasteiger partial charge in [-0.2, -0.15) is 0 Å². The Morgan fingerprint density at radius 1 is 1.13 bits per heavy atom. The van der Waals surface area contributed by atoms with Crippen LogP contribution in [0.15, 0.2) is 12.0 Å². The average molecular weight is 330 g/mol. The van der Waals surface area contributed by atoms with Gasteiger partial charge in [0.25, 0.3) is 0 Å². The highest BCUT2D eigenvalue weighted by Crippen LogP contribution is 2.06. The largest absolute Gasteiger partial charge is 0.511 e. The predicted molar refractivity (Wildman–Crippen MR) is 92.5 cm³/mol. The summed E-state index contributed by atoms with van der Waals surface area (Å²) in [5, 5.41) is 31.6. The molecule has 6 nitrogen and oxygen atoms in total. The molecule has 0 aliphatic carbocycles. The fraction of sp³-hybridized carbons (Fsp3) is 0.824. The van der Waals surface area contributed by atoms with Gasteiger partial charge in [0.15, 0.2) is 0 Å². The van der Waals surface area contributed by atoms with Crippen LogP contribution in [0.4, 0.5) is 0 Å². The second-order valence-electron chi connectivity index (χ2n) is 5.90. The van der Waals surface area contributed by atoms with E-state index in [9.17, 15) is 15.0 Å². The highest BCUT2D eigenvalue weighted by Gasteiger charge is 2.07. The van der Waals surface area contributed by atoms with Crippen LogP contribution in [0.1, 0.15) is 58.8 Å². The van der Waals surface area contributed by atoms with Gasteiger partial charge in [-0.1, -0.05) is 33.1 Å². The lowest BCUT2D eigenvalue weighted by Gasteiger charge is -2.21. The van der Waals surface area contributed by atoms with E-state index in [2.05, 4.69) is 19.2 Å². The van der Waals surface area contributed by atoms with Crippen LogP contribution >= 0.6 is 0 Å². The van der Waals surface area contributed by atoms with Crippen LogP contribution in [-0.2, 0) is 4.79 Å². The fourth-order valence-corrected chi connectivity index (χ4v) is 2.15. The van der Waals surface area contributed by atoms with Crippen molar-refractivity contribution in [1.29, 1.82) is 0 Å². The Balaban J connectivity index is 4.17. The molecule has 1 unspecified atom stereocenters. The first kappa shape index (κ1) is 21.7. The molecule has 4 N–H and O–H groups in total. The second kappa shape index (κ2) is 14.3. The number of rotatable bonds is 15. The molecule has 0 bridgehead atoms. The molecule has 0 spiro atoms. The second-order valence-corrected chi connectivity index (χ2v) is 5.90. The fourth-order valence-electron chi connectivity index (χ4n) is 2.15. The summed E-state index contributed by atoms with van der Waals surface area (Å²) in [6.07, 6.45) is 6.76. The molecule has 23 heavy (non-hydrogen) atoms. The molecule has 0 rings (SSSR count). The summed E-state index contributed by atoms with van der Waals surface area (Å²) in [4.78, 5) is 12.5. The van der Waals surface area contributed by atoms with Crippen LogP contribution in [0.25, 0.3) is 0 Å². The van der Waals surface area contributed by atoms with E-state index in [-0.39, 0.29) is 12.5 Å². The van der Waals surface area contributed by atoms with E-state index in [1.54, 1.807) is 6.20 Å². The number of hydrogen-bond acceptors (Lipinski definition) is 5. The lowest BCUT2D eigenvalue weighted by atomic mass is 10.1. The zero-order valence-corrected chi connectivity index (χ0v) is 14.6. The van der Waals surface area contributed by atoms with Gasteiger partial charge in [0, 0.05) is 38.8 Å². The molecule has 0 saturated carbocycles. The number of carboxylic acid groups (broad SMARTS) is 1. The van der Waals surface area contributed by atoms with Crippen LogP contribution in [0.2, 0.25) is 0 Å². The lowest BCUT2D eigenvalue weighted by Crippen LogP contribution is -2.34. The first-order chi connectivity index (χ1) is 11.0. The minimum absolute atomic E-state index is 0.0384. The number of nitrogens with one attached hydrogen (secondary N) is 1. The van der Waals surface area contributed by atoms with E-state index < -0.39 is 5.97 Å². The number of aliphatic hydroxyl groups excluding tert-OH is 2. The van der Waals surface area contributed by atoms with Gasteiger partial charge < -0.3 is 25.5 Å². The summed E-state index contributed by atoms with van der Waals surface area (Å²) < 4.78 is 0. The zero-order valence-electron chi connectivity index (χ0n) is 14.6. The van der Waals surface area contributed by atoms with Crippen molar-refractivity contribution in [3.63, 3.8) is 0 Å². The molecule has 0 amide bonds. The molecule has 0 radical (unpaired) electrons. The summed E-state index contributed by atoms with van der Waals surface area (Å²) in [6.45, 7) is 6.30. The van der Waals surface area contributed by atoms with Gasteiger partial charge in [0.2, 0.25) is 0 Å². The molecule has 0 aromatic heterocycles. The first-order valence-electron chi connectivity index (χ1n) is 8.73. The van der Waals surface area contributed by atoms with Crippen molar-refractivity contribution >= 4 is 5.97 Å². The zero-order chi connectivity index (χ0) is 17.5. The average Bonchev–Trinajstić information content (AvgIpc) is 2.52. The molecule has 0 aromatic carbocycles. The maximum Gasteiger partial charge on any atom is 0.305 e. The topological polar surface area (TPSA) is 93.0 Å². The van der Waals surface area contributed by atoms with Crippen LogP contribution < -0.4 is 5.32 Å². The van der Waals surface area contributed by atoms with Crippen molar-refractivity contribution in [3.05, 3.63) is 12.0 Å². The van der Waals surface area contributed by atoms with Crippen LogP contribution in [0.3, 0.4) is 0 Å². The quantitative estimate of drug-likeness (QED) is 0.272. The summed E-state index contributed by atoms with van der Waals surface area (Å²) in [5.41, 5.74) is 0. The molecule has 0 fully saturated rings.